The number of nitrogens with one attached hydrogen (secondary N) is 1. The SMILES string of the molecule is C#CC(CCC)NS(=O)(=O)c1ccc(Cl)c(N)c1Cl. The predicted molar refractivity (Wildman–Crippen MR) is 78.7 cm³/mol. The van der Waals surface area contributed by atoms with E-state index in [1.807, 2.05) is 6.92 Å². The Balaban J connectivity index is 3.15. The van der Waals surface area contributed by atoms with E-state index in [0.717, 1.165) is 6.42 Å². The molecule has 0 saturated carbocycles. The van der Waals surface area contributed by atoms with Crippen LogP contribution in [-0.2, 0) is 10.0 Å². The quantitative estimate of drug-likeness (QED) is 0.647. The van der Waals surface area contributed by atoms with Crippen LogP contribution in [0, 0.1) is 12.3 Å². The summed E-state index contributed by atoms with van der Waals surface area (Å²) in [7, 11) is -3.83. The van der Waals surface area contributed by atoms with Crippen LogP contribution in [0.15, 0.2) is 17.0 Å². The minimum Gasteiger partial charge on any atom is -0.396 e. The summed E-state index contributed by atoms with van der Waals surface area (Å²) in [5.41, 5.74) is 5.63. The first-order valence-corrected chi connectivity index (χ1v) is 7.79. The van der Waals surface area contributed by atoms with Gasteiger partial charge in [0.05, 0.1) is 21.8 Å². The molecule has 0 heterocycles. The van der Waals surface area contributed by atoms with Gasteiger partial charge in [0.2, 0.25) is 10.0 Å². The van der Waals surface area contributed by atoms with Crippen LogP contribution in [0.5, 0.6) is 0 Å². The van der Waals surface area contributed by atoms with Gasteiger partial charge in [0.25, 0.3) is 0 Å². The molecule has 0 fully saturated rings. The molecule has 0 bridgehead atoms. The van der Waals surface area contributed by atoms with Crippen LogP contribution < -0.4 is 10.5 Å². The zero-order valence-electron chi connectivity index (χ0n) is 10.3. The smallest absolute Gasteiger partial charge is 0.243 e. The average Bonchev–Trinajstić information content (AvgIpc) is 2.34. The van der Waals surface area contributed by atoms with Crippen molar-refractivity contribution in [2.75, 3.05) is 5.73 Å². The summed E-state index contributed by atoms with van der Waals surface area (Å²) in [6, 6.07) is 2.09. The van der Waals surface area contributed by atoms with E-state index in [9.17, 15) is 8.42 Å². The maximum atomic E-state index is 12.2. The normalized spacial score (nSPS) is 12.9. The topological polar surface area (TPSA) is 72.2 Å². The van der Waals surface area contributed by atoms with Crippen molar-refractivity contribution in [1.29, 1.82) is 0 Å². The molecule has 19 heavy (non-hydrogen) atoms. The molecule has 104 valence electrons. The van der Waals surface area contributed by atoms with Gasteiger partial charge in [0.1, 0.15) is 4.90 Å². The number of nitrogens with two attached hydrogens (primary N) is 1. The van der Waals surface area contributed by atoms with E-state index in [4.69, 9.17) is 35.4 Å². The number of hydrogen-bond donors (Lipinski definition) is 2. The summed E-state index contributed by atoms with van der Waals surface area (Å²) in [4.78, 5) is -0.132. The molecule has 0 aliphatic carbocycles. The van der Waals surface area contributed by atoms with E-state index in [-0.39, 0.29) is 20.6 Å². The molecule has 3 N–H and O–H groups in total. The van der Waals surface area contributed by atoms with Gasteiger partial charge in [-0.15, -0.1) is 6.42 Å². The summed E-state index contributed by atoms with van der Waals surface area (Å²) in [6.45, 7) is 1.91. The Kier molecular flexibility index (Phi) is 5.50. The molecule has 0 radical (unpaired) electrons. The van der Waals surface area contributed by atoms with Gasteiger partial charge >= 0.3 is 0 Å². The van der Waals surface area contributed by atoms with Gasteiger partial charge < -0.3 is 5.73 Å². The molecular formula is C12H14Cl2N2O2S. The molecule has 1 atom stereocenters. The number of rotatable bonds is 5. The van der Waals surface area contributed by atoms with Crippen molar-refractivity contribution in [3.63, 3.8) is 0 Å². The number of sulfonamides is 1. The molecule has 0 aromatic heterocycles. The molecule has 0 spiro atoms. The Labute approximate surface area is 123 Å². The van der Waals surface area contributed by atoms with Crippen molar-refractivity contribution in [1.82, 2.24) is 4.72 Å². The van der Waals surface area contributed by atoms with Crippen LogP contribution in [0.3, 0.4) is 0 Å². The van der Waals surface area contributed by atoms with Gasteiger partial charge in [-0.3, -0.25) is 0 Å². The van der Waals surface area contributed by atoms with Crippen LogP contribution in [0.1, 0.15) is 19.8 Å². The largest absolute Gasteiger partial charge is 0.396 e. The van der Waals surface area contributed by atoms with Crippen molar-refractivity contribution in [2.24, 2.45) is 0 Å². The molecule has 0 aliphatic rings. The van der Waals surface area contributed by atoms with E-state index in [0.29, 0.717) is 6.42 Å². The highest BCUT2D eigenvalue weighted by atomic mass is 35.5. The first kappa shape index (κ1) is 16.1. The molecule has 0 aliphatic heterocycles. The zero-order chi connectivity index (χ0) is 14.6. The van der Waals surface area contributed by atoms with E-state index < -0.39 is 16.1 Å². The number of benzene rings is 1. The van der Waals surface area contributed by atoms with Gasteiger partial charge in [0, 0.05) is 0 Å². The predicted octanol–water partition coefficient (Wildman–Crippen LogP) is 2.66. The number of halogens is 2. The summed E-state index contributed by atoms with van der Waals surface area (Å²) >= 11 is 11.7. The van der Waals surface area contributed by atoms with Crippen LogP contribution in [0.4, 0.5) is 5.69 Å². The third-order valence-corrected chi connectivity index (χ3v) is 4.82. The third kappa shape index (κ3) is 3.77. The van der Waals surface area contributed by atoms with Crippen molar-refractivity contribution in [3.8, 4) is 12.3 Å². The summed E-state index contributed by atoms with van der Waals surface area (Å²) in [5, 5.41) is 0.0956. The Morgan fingerprint density at radius 2 is 2.11 bits per heavy atom. The van der Waals surface area contributed by atoms with E-state index in [1.165, 1.54) is 12.1 Å². The van der Waals surface area contributed by atoms with Gasteiger partial charge in [-0.25, -0.2) is 8.42 Å². The van der Waals surface area contributed by atoms with E-state index >= 15 is 0 Å². The Hall–Kier alpha value is -0.930. The number of nitrogen functional groups attached to an aromatic ring is 1. The molecular weight excluding hydrogens is 307 g/mol. The molecule has 7 heteroatoms. The lowest BCUT2D eigenvalue weighted by molar-refractivity contribution is 0.564. The molecule has 0 amide bonds. The Bertz CT molecular complexity index is 609. The van der Waals surface area contributed by atoms with Gasteiger partial charge in [-0.05, 0) is 18.6 Å². The van der Waals surface area contributed by atoms with Crippen LogP contribution >= 0.6 is 23.2 Å². The monoisotopic (exact) mass is 320 g/mol. The fourth-order valence-electron chi connectivity index (χ4n) is 1.47. The summed E-state index contributed by atoms with van der Waals surface area (Å²) in [6.07, 6.45) is 6.58. The zero-order valence-corrected chi connectivity index (χ0v) is 12.6. The van der Waals surface area contributed by atoms with Crippen LogP contribution in [0.2, 0.25) is 10.0 Å². The second kappa shape index (κ2) is 6.49. The lowest BCUT2D eigenvalue weighted by atomic mass is 10.2. The summed E-state index contributed by atoms with van der Waals surface area (Å²) < 4.78 is 26.7. The summed E-state index contributed by atoms with van der Waals surface area (Å²) in [5.74, 6) is 2.38. The van der Waals surface area contributed by atoms with Crippen molar-refractivity contribution < 1.29 is 8.42 Å². The molecule has 0 saturated heterocycles. The number of hydrogen-bond acceptors (Lipinski definition) is 3. The lowest BCUT2D eigenvalue weighted by Gasteiger charge is -2.14. The average molecular weight is 321 g/mol. The molecule has 4 nitrogen and oxygen atoms in total. The standard InChI is InChI=1S/C12H14Cl2N2O2S/c1-3-5-8(4-2)16-19(17,18)10-7-6-9(13)12(15)11(10)14/h2,6-8,16H,3,5,15H2,1H3. The number of anilines is 1. The minimum absolute atomic E-state index is 0.0268. The lowest BCUT2D eigenvalue weighted by Crippen LogP contribution is -2.33. The van der Waals surface area contributed by atoms with E-state index in [1.54, 1.807) is 0 Å². The first-order chi connectivity index (χ1) is 8.83. The molecule has 1 aromatic rings. The first-order valence-electron chi connectivity index (χ1n) is 5.55. The van der Waals surface area contributed by atoms with Gasteiger partial charge in [0.15, 0.2) is 0 Å². The van der Waals surface area contributed by atoms with Crippen molar-refractivity contribution in [2.45, 2.75) is 30.7 Å². The van der Waals surface area contributed by atoms with Gasteiger partial charge in [-0.1, -0.05) is 42.5 Å². The molecule has 1 rings (SSSR count). The maximum Gasteiger partial charge on any atom is 0.243 e. The Morgan fingerprint density at radius 3 is 2.63 bits per heavy atom. The maximum absolute atomic E-state index is 12.2. The number of terminal acetylenes is 1. The highest BCUT2D eigenvalue weighted by Crippen LogP contribution is 2.33. The van der Waals surface area contributed by atoms with Crippen LogP contribution in [-0.4, -0.2) is 14.5 Å². The minimum atomic E-state index is -3.83. The molecule has 1 unspecified atom stereocenters. The molecule has 1 aromatic carbocycles. The highest BCUT2D eigenvalue weighted by molar-refractivity contribution is 7.89. The van der Waals surface area contributed by atoms with Crippen LogP contribution in [0.25, 0.3) is 0 Å². The fraction of sp³-hybridized carbons (Fsp3) is 0.333. The second-order valence-electron chi connectivity index (χ2n) is 3.90. The van der Waals surface area contributed by atoms with Crippen molar-refractivity contribution in [3.05, 3.63) is 22.2 Å². The second-order valence-corrected chi connectivity index (χ2v) is 6.37. The van der Waals surface area contributed by atoms with Gasteiger partial charge in [-0.2, -0.15) is 4.72 Å². The third-order valence-electron chi connectivity index (χ3n) is 2.46. The fourth-order valence-corrected chi connectivity index (χ4v) is 3.43. The highest BCUT2D eigenvalue weighted by Gasteiger charge is 2.23. The van der Waals surface area contributed by atoms with E-state index in [2.05, 4.69) is 10.6 Å². The van der Waals surface area contributed by atoms with Crippen molar-refractivity contribution >= 4 is 38.9 Å². The Morgan fingerprint density at radius 1 is 1.47 bits per heavy atom.